The number of likely N-dealkylation sites (N-methyl/N-ethyl adjacent to an activating group) is 1. The zero-order valence-electron chi connectivity index (χ0n) is 13.2. The van der Waals surface area contributed by atoms with Crippen molar-refractivity contribution >= 4 is 22.5 Å². The molecule has 0 unspecified atom stereocenters. The topological polar surface area (TPSA) is 88.0 Å². The molecule has 0 aromatic carbocycles. The molecule has 22 heavy (non-hydrogen) atoms. The quantitative estimate of drug-likeness (QED) is 0.835. The smallest absolute Gasteiger partial charge is 0.321 e. The Balaban J connectivity index is 1.90. The Hall–Kier alpha value is -2.00. The van der Waals surface area contributed by atoms with E-state index in [4.69, 9.17) is 0 Å². The molecule has 2 amide bonds. The molecule has 2 N–H and O–H groups in total. The number of urea groups is 1. The number of nitrogens with one attached hydrogen (secondary N) is 2. The lowest BCUT2D eigenvalue weighted by Crippen LogP contribution is -2.36. The minimum atomic E-state index is -0.283. The normalized spacial score (nSPS) is 12.4. The van der Waals surface area contributed by atoms with Gasteiger partial charge in [0.05, 0.1) is 12.2 Å². The summed E-state index contributed by atoms with van der Waals surface area (Å²) in [6.07, 6.45) is 4.57. The molecule has 2 aromatic rings. The van der Waals surface area contributed by atoms with Crippen molar-refractivity contribution in [2.75, 3.05) is 26.0 Å². The van der Waals surface area contributed by atoms with Crippen LogP contribution >= 0.6 is 11.3 Å². The van der Waals surface area contributed by atoms with Gasteiger partial charge in [0.15, 0.2) is 0 Å². The number of carbonyl (C=O) groups excluding carboxylic acids is 1. The van der Waals surface area contributed by atoms with E-state index in [2.05, 4.69) is 25.9 Å². The van der Waals surface area contributed by atoms with Crippen LogP contribution in [0, 0.1) is 0 Å². The molecule has 1 atom stereocenters. The minimum Gasteiger partial charge on any atom is -0.336 e. The fraction of sp³-hybridized carbons (Fsp3) is 0.538. The summed E-state index contributed by atoms with van der Waals surface area (Å²) in [4.78, 5) is 14.0. The van der Waals surface area contributed by atoms with E-state index in [1.54, 1.807) is 4.68 Å². The third kappa shape index (κ3) is 4.25. The van der Waals surface area contributed by atoms with Gasteiger partial charge in [-0.3, -0.25) is 10.00 Å². The monoisotopic (exact) mass is 323 g/mol. The second kappa shape index (κ2) is 7.32. The number of aryl methyl sites for hydroxylation is 2. The van der Waals surface area contributed by atoms with Gasteiger partial charge in [-0.15, -0.1) is 10.2 Å². The average Bonchev–Trinajstić information content (AvgIpc) is 3.08. The molecule has 0 aliphatic rings. The lowest BCUT2D eigenvalue weighted by Gasteiger charge is -2.23. The molecule has 2 aromatic heterocycles. The van der Waals surface area contributed by atoms with Gasteiger partial charge in [0.25, 0.3) is 0 Å². The fourth-order valence-electron chi connectivity index (χ4n) is 1.99. The number of carbonyl (C=O) groups is 1. The van der Waals surface area contributed by atoms with Crippen molar-refractivity contribution in [1.82, 2.24) is 30.2 Å². The Bertz CT molecular complexity index is 621. The van der Waals surface area contributed by atoms with Gasteiger partial charge in [0.2, 0.25) is 5.13 Å². The van der Waals surface area contributed by atoms with E-state index in [1.807, 2.05) is 45.4 Å². The number of hydrogen-bond acceptors (Lipinski definition) is 6. The maximum Gasteiger partial charge on any atom is 0.321 e. The van der Waals surface area contributed by atoms with Gasteiger partial charge >= 0.3 is 6.03 Å². The van der Waals surface area contributed by atoms with Crippen LogP contribution in [0.1, 0.15) is 23.5 Å². The van der Waals surface area contributed by atoms with Crippen LogP contribution in [-0.4, -0.2) is 51.5 Å². The highest BCUT2D eigenvalue weighted by atomic mass is 32.1. The fourth-order valence-corrected chi connectivity index (χ4v) is 2.66. The van der Waals surface area contributed by atoms with E-state index in [-0.39, 0.29) is 12.1 Å². The van der Waals surface area contributed by atoms with Crippen LogP contribution in [0.2, 0.25) is 0 Å². The molecule has 0 radical (unpaired) electrons. The summed E-state index contributed by atoms with van der Waals surface area (Å²) < 4.78 is 1.75. The van der Waals surface area contributed by atoms with Gasteiger partial charge < -0.3 is 10.2 Å². The second-order valence-electron chi connectivity index (χ2n) is 5.12. The Morgan fingerprint density at radius 2 is 2.23 bits per heavy atom. The molecule has 2 rings (SSSR count). The Morgan fingerprint density at radius 1 is 1.45 bits per heavy atom. The summed E-state index contributed by atoms with van der Waals surface area (Å²) in [5.74, 6) is 0. The standard InChI is InChI=1S/C13H21N7OS/c1-5-11-17-18-13(22-11)16-12(21)14-7-10(19(2)3)9-6-15-20(4)8-9/h6,8,10H,5,7H2,1-4H3,(H2,14,16,18,21)/t10-/m0/s1. The maximum absolute atomic E-state index is 12.0. The number of anilines is 1. The molecule has 0 aliphatic heterocycles. The zero-order valence-corrected chi connectivity index (χ0v) is 14.0. The minimum absolute atomic E-state index is 0.0556. The van der Waals surface area contributed by atoms with Gasteiger partial charge in [-0.05, 0) is 20.5 Å². The SMILES string of the molecule is CCc1nnc(NC(=O)NC[C@@H](c2cnn(C)c2)N(C)C)s1. The first kappa shape index (κ1) is 16.4. The van der Waals surface area contributed by atoms with E-state index in [0.29, 0.717) is 11.7 Å². The predicted octanol–water partition coefficient (Wildman–Crippen LogP) is 1.26. The summed E-state index contributed by atoms with van der Waals surface area (Å²) >= 11 is 1.38. The second-order valence-corrected chi connectivity index (χ2v) is 6.18. The lowest BCUT2D eigenvalue weighted by molar-refractivity contribution is 0.243. The summed E-state index contributed by atoms with van der Waals surface area (Å²) in [5, 5.41) is 19.0. The number of rotatable bonds is 6. The molecule has 9 heteroatoms. The molecule has 0 fully saturated rings. The van der Waals surface area contributed by atoms with Crippen LogP contribution in [0.4, 0.5) is 9.93 Å². The van der Waals surface area contributed by atoms with E-state index >= 15 is 0 Å². The van der Waals surface area contributed by atoms with Crippen LogP contribution in [0.15, 0.2) is 12.4 Å². The number of amides is 2. The van der Waals surface area contributed by atoms with Crippen molar-refractivity contribution in [1.29, 1.82) is 0 Å². The zero-order chi connectivity index (χ0) is 16.1. The van der Waals surface area contributed by atoms with E-state index in [0.717, 1.165) is 17.0 Å². The van der Waals surface area contributed by atoms with Crippen molar-refractivity contribution in [2.24, 2.45) is 7.05 Å². The van der Waals surface area contributed by atoms with Gasteiger partial charge in [-0.2, -0.15) is 5.10 Å². The summed E-state index contributed by atoms with van der Waals surface area (Å²) in [6, 6.07) is -0.227. The number of aromatic nitrogens is 4. The molecule has 8 nitrogen and oxygen atoms in total. The molecule has 2 heterocycles. The highest BCUT2D eigenvalue weighted by Gasteiger charge is 2.17. The van der Waals surface area contributed by atoms with Crippen molar-refractivity contribution in [3.8, 4) is 0 Å². The predicted molar refractivity (Wildman–Crippen MR) is 85.9 cm³/mol. The van der Waals surface area contributed by atoms with Gasteiger partial charge in [0, 0.05) is 25.4 Å². The lowest BCUT2D eigenvalue weighted by atomic mass is 10.1. The Labute approximate surface area is 133 Å². The third-order valence-corrected chi connectivity index (χ3v) is 4.16. The van der Waals surface area contributed by atoms with Crippen LogP contribution in [0.3, 0.4) is 0 Å². The van der Waals surface area contributed by atoms with Crippen molar-refractivity contribution in [3.63, 3.8) is 0 Å². The molecule has 0 aliphatic carbocycles. The van der Waals surface area contributed by atoms with Crippen molar-refractivity contribution < 1.29 is 4.79 Å². The largest absolute Gasteiger partial charge is 0.336 e. The van der Waals surface area contributed by atoms with Crippen molar-refractivity contribution in [3.05, 3.63) is 23.0 Å². The molecule has 0 saturated heterocycles. The average molecular weight is 323 g/mol. The molecule has 0 saturated carbocycles. The highest BCUT2D eigenvalue weighted by molar-refractivity contribution is 7.15. The summed E-state index contributed by atoms with van der Waals surface area (Å²) in [7, 11) is 5.81. The van der Waals surface area contributed by atoms with Crippen LogP contribution < -0.4 is 10.6 Å². The van der Waals surface area contributed by atoms with Crippen LogP contribution in [0.25, 0.3) is 0 Å². The van der Waals surface area contributed by atoms with Crippen molar-refractivity contribution in [2.45, 2.75) is 19.4 Å². The van der Waals surface area contributed by atoms with Crippen LogP contribution in [-0.2, 0) is 13.5 Å². The van der Waals surface area contributed by atoms with Crippen LogP contribution in [0.5, 0.6) is 0 Å². The maximum atomic E-state index is 12.0. The molecule has 0 bridgehead atoms. The third-order valence-electron chi connectivity index (χ3n) is 3.18. The van der Waals surface area contributed by atoms with E-state index < -0.39 is 0 Å². The first-order valence-electron chi connectivity index (χ1n) is 7.01. The summed E-state index contributed by atoms with van der Waals surface area (Å²) in [5.41, 5.74) is 1.05. The Morgan fingerprint density at radius 3 is 2.77 bits per heavy atom. The first-order chi connectivity index (χ1) is 10.5. The Kier molecular flexibility index (Phi) is 5.45. The molecular weight excluding hydrogens is 302 g/mol. The van der Waals surface area contributed by atoms with E-state index in [9.17, 15) is 4.79 Å². The van der Waals surface area contributed by atoms with Gasteiger partial charge in [0.1, 0.15) is 5.01 Å². The molecule has 120 valence electrons. The van der Waals surface area contributed by atoms with E-state index in [1.165, 1.54) is 11.3 Å². The van der Waals surface area contributed by atoms with Gasteiger partial charge in [-0.25, -0.2) is 4.79 Å². The first-order valence-corrected chi connectivity index (χ1v) is 7.83. The number of hydrogen-bond donors (Lipinski definition) is 2. The highest BCUT2D eigenvalue weighted by Crippen LogP contribution is 2.17. The number of nitrogens with zero attached hydrogens (tertiary/aromatic N) is 5. The summed E-state index contributed by atoms with van der Waals surface area (Å²) in [6.45, 7) is 2.48. The molecular formula is C13H21N7OS. The molecule has 0 spiro atoms. The van der Waals surface area contributed by atoms with Gasteiger partial charge in [-0.1, -0.05) is 18.3 Å².